The quantitative estimate of drug-likeness (QED) is 0.581. The molecule has 0 saturated heterocycles. The highest BCUT2D eigenvalue weighted by molar-refractivity contribution is 5.18. The van der Waals surface area contributed by atoms with Crippen molar-refractivity contribution < 1.29 is 0 Å². The van der Waals surface area contributed by atoms with E-state index in [9.17, 15) is 0 Å². The Labute approximate surface area is 61.9 Å². The van der Waals surface area contributed by atoms with Crippen LogP contribution >= 0.6 is 0 Å². The number of hydrogen-bond donors (Lipinski definition) is 1. The summed E-state index contributed by atoms with van der Waals surface area (Å²) >= 11 is 0. The summed E-state index contributed by atoms with van der Waals surface area (Å²) in [6.45, 7) is 3.40. The molecule has 0 spiro atoms. The largest absolute Gasteiger partial charge is 0.318 e. The van der Waals surface area contributed by atoms with E-state index in [1.807, 2.05) is 0 Å². The van der Waals surface area contributed by atoms with E-state index >= 15 is 0 Å². The van der Waals surface area contributed by atoms with Crippen LogP contribution in [0.5, 0.6) is 0 Å². The van der Waals surface area contributed by atoms with Gasteiger partial charge in [0.25, 0.3) is 0 Å². The van der Waals surface area contributed by atoms with Gasteiger partial charge in [0.15, 0.2) is 0 Å². The third kappa shape index (κ3) is 0.926. The first kappa shape index (κ1) is 6.23. The molecule has 1 fully saturated rings. The molecule has 2 heteroatoms. The van der Waals surface area contributed by atoms with Gasteiger partial charge in [-0.3, -0.25) is 0 Å². The maximum absolute atomic E-state index is 3.25. The predicted octanol–water partition coefficient (Wildman–Crippen LogP) is 0.976. The van der Waals surface area contributed by atoms with Crippen LogP contribution in [0.25, 0.3) is 0 Å². The molecule has 1 N–H and O–H groups in total. The molecule has 1 aliphatic heterocycles. The van der Waals surface area contributed by atoms with Gasteiger partial charge in [0.2, 0.25) is 0 Å². The van der Waals surface area contributed by atoms with Crippen molar-refractivity contribution in [1.82, 2.24) is 10.4 Å². The van der Waals surface area contributed by atoms with E-state index in [2.05, 4.69) is 30.6 Å². The van der Waals surface area contributed by atoms with Crippen molar-refractivity contribution in [2.24, 2.45) is 11.8 Å². The van der Waals surface area contributed by atoms with Crippen LogP contribution in [0.4, 0.5) is 0 Å². The third-order valence-electron chi connectivity index (χ3n) is 2.48. The van der Waals surface area contributed by atoms with Gasteiger partial charge < -0.3 is 5.01 Å². The van der Waals surface area contributed by atoms with E-state index in [1.165, 1.54) is 6.42 Å². The second kappa shape index (κ2) is 1.99. The van der Waals surface area contributed by atoms with Gasteiger partial charge in [-0.15, -0.1) is 0 Å². The highest BCUT2D eigenvalue weighted by Gasteiger charge is 2.36. The Kier molecular flexibility index (Phi) is 1.24. The Bertz CT molecular complexity index is 174. The van der Waals surface area contributed by atoms with Crippen LogP contribution in [-0.4, -0.2) is 18.6 Å². The standard InChI is InChI=1S/C8H14N2/c1-6-3-8(6)7-4-9-10(2)5-7/h5-6,8-9H,3-4H2,1-2H3/t6-,8+/m0/s1. The second-order valence-electron chi connectivity index (χ2n) is 3.47. The van der Waals surface area contributed by atoms with Gasteiger partial charge in [-0.1, -0.05) is 6.92 Å². The number of hydrazine groups is 1. The molecule has 0 unspecified atom stereocenters. The highest BCUT2D eigenvalue weighted by Crippen LogP contribution is 2.44. The summed E-state index contributed by atoms with van der Waals surface area (Å²) in [7, 11) is 2.06. The monoisotopic (exact) mass is 138 g/mol. The first-order valence-electron chi connectivity index (χ1n) is 3.94. The molecule has 0 aromatic carbocycles. The van der Waals surface area contributed by atoms with Crippen LogP contribution < -0.4 is 5.43 Å². The number of nitrogens with zero attached hydrogens (tertiary/aromatic N) is 1. The van der Waals surface area contributed by atoms with Gasteiger partial charge in [-0.05, 0) is 23.8 Å². The summed E-state index contributed by atoms with van der Waals surface area (Å²) in [4.78, 5) is 0. The van der Waals surface area contributed by atoms with Crippen molar-refractivity contribution >= 4 is 0 Å². The SMILES string of the molecule is C[C@H]1C[C@H]1C1=CN(C)NC1. The van der Waals surface area contributed by atoms with Gasteiger partial charge >= 0.3 is 0 Å². The Morgan fingerprint density at radius 1 is 1.70 bits per heavy atom. The van der Waals surface area contributed by atoms with Gasteiger partial charge in [-0.2, -0.15) is 0 Å². The molecule has 2 rings (SSSR count). The van der Waals surface area contributed by atoms with Crippen molar-refractivity contribution in [2.75, 3.05) is 13.6 Å². The molecule has 1 aliphatic carbocycles. The molecule has 1 saturated carbocycles. The van der Waals surface area contributed by atoms with Crippen molar-refractivity contribution in [3.63, 3.8) is 0 Å². The minimum absolute atomic E-state index is 0.900. The first-order valence-corrected chi connectivity index (χ1v) is 3.94. The van der Waals surface area contributed by atoms with E-state index in [0.29, 0.717) is 0 Å². The zero-order valence-electron chi connectivity index (χ0n) is 6.59. The molecule has 0 bridgehead atoms. The molecular formula is C8H14N2. The zero-order valence-corrected chi connectivity index (χ0v) is 6.59. The van der Waals surface area contributed by atoms with Gasteiger partial charge in [0.1, 0.15) is 0 Å². The smallest absolute Gasteiger partial charge is 0.0380 e. The molecule has 2 aliphatic rings. The van der Waals surface area contributed by atoms with Crippen molar-refractivity contribution in [1.29, 1.82) is 0 Å². The van der Waals surface area contributed by atoms with Crippen LogP contribution in [0.15, 0.2) is 11.8 Å². The third-order valence-corrected chi connectivity index (χ3v) is 2.48. The van der Waals surface area contributed by atoms with Gasteiger partial charge in [-0.25, -0.2) is 5.43 Å². The molecule has 0 amide bonds. The minimum Gasteiger partial charge on any atom is -0.318 e. The molecule has 0 aromatic rings. The predicted molar refractivity (Wildman–Crippen MR) is 41.1 cm³/mol. The Balaban J connectivity index is 2.00. The minimum atomic E-state index is 0.900. The Hall–Kier alpha value is -0.500. The summed E-state index contributed by atoms with van der Waals surface area (Å²) < 4.78 is 0. The fourth-order valence-corrected chi connectivity index (χ4v) is 1.62. The second-order valence-corrected chi connectivity index (χ2v) is 3.47. The summed E-state index contributed by atoms with van der Waals surface area (Å²) in [5, 5.41) is 2.06. The average molecular weight is 138 g/mol. The topological polar surface area (TPSA) is 15.3 Å². The summed E-state index contributed by atoms with van der Waals surface area (Å²) in [5.74, 6) is 1.84. The molecule has 0 radical (unpaired) electrons. The summed E-state index contributed by atoms with van der Waals surface area (Å²) in [5.41, 5.74) is 4.84. The normalized spacial score (nSPS) is 38.2. The van der Waals surface area contributed by atoms with Gasteiger partial charge in [0, 0.05) is 19.8 Å². The lowest BCUT2D eigenvalue weighted by atomic mass is 10.2. The van der Waals surface area contributed by atoms with E-state index in [0.717, 1.165) is 18.4 Å². The maximum atomic E-state index is 3.25. The molecule has 2 atom stereocenters. The molecule has 56 valence electrons. The Morgan fingerprint density at radius 3 is 2.80 bits per heavy atom. The molecule has 0 aromatic heterocycles. The zero-order chi connectivity index (χ0) is 7.14. The maximum Gasteiger partial charge on any atom is 0.0380 e. The van der Waals surface area contributed by atoms with Crippen molar-refractivity contribution in [3.05, 3.63) is 11.8 Å². The van der Waals surface area contributed by atoms with Crippen LogP contribution in [-0.2, 0) is 0 Å². The van der Waals surface area contributed by atoms with E-state index in [-0.39, 0.29) is 0 Å². The summed E-state index contributed by atoms with van der Waals surface area (Å²) in [6, 6.07) is 0. The van der Waals surface area contributed by atoms with E-state index in [1.54, 1.807) is 5.57 Å². The molecular weight excluding hydrogens is 124 g/mol. The van der Waals surface area contributed by atoms with E-state index < -0.39 is 0 Å². The Morgan fingerprint density at radius 2 is 2.40 bits per heavy atom. The molecule has 2 nitrogen and oxygen atoms in total. The summed E-state index contributed by atoms with van der Waals surface area (Å²) in [6.07, 6.45) is 3.63. The lowest BCUT2D eigenvalue weighted by molar-refractivity contribution is 0.373. The fourth-order valence-electron chi connectivity index (χ4n) is 1.62. The number of hydrogen-bond acceptors (Lipinski definition) is 2. The van der Waals surface area contributed by atoms with Crippen LogP contribution in [0.1, 0.15) is 13.3 Å². The molecule has 10 heavy (non-hydrogen) atoms. The van der Waals surface area contributed by atoms with Gasteiger partial charge in [0.05, 0.1) is 0 Å². The number of rotatable bonds is 1. The lowest BCUT2D eigenvalue weighted by Crippen LogP contribution is -2.23. The van der Waals surface area contributed by atoms with Crippen LogP contribution in [0, 0.1) is 11.8 Å². The van der Waals surface area contributed by atoms with Crippen molar-refractivity contribution in [3.8, 4) is 0 Å². The lowest BCUT2D eigenvalue weighted by Gasteiger charge is -2.04. The van der Waals surface area contributed by atoms with Crippen molar-refractivity contribution in [2.45, 2.75) is 13.3 Å². The fraction of sp³-hybridized carbons (Fsp3) is 0.750. The number of nitrogens with one attached hydrogen (secondary N) is 1. The highest BCUT2D eigenvalue weighted by atomic mass is 15.5. The first-order chi connectivity index (χ1) is 4.77. The molecule has 1 heterocycles. The van der Waals surface area contributed by atoms with Crippen LogP contribution in [0.3, 0.4) is 0 Å². The van der Waals surface area contributed by atoms with E-state index in [4.69, 9.17) is 0 Å². The van der Waals surface area contributed by atoms with Crippen LogP contribution in [0.2, 0.25) is 0 Å². The average Bonchev–Trinajstić information content (AvgIpc) is 2.42.